The van der Waals surface area contributed by atoms with E-state index in [-0.39, 0.29) is 11.4 Å². The molecule has 0 saturated carbocycles. The van der Waals surface area contributed by atoms with Crippen molar-refractivity contribution in [3.8, 4) is 0 Å². The highest BCUT2D eigenvalue weighted by Gasteiger charge is 2.22. The highest BCUT2D eigenvalue weighted by atomic mass is 16.5. The molecule has 0 aliphatic rings. The minimum Gasteiger partial charge on any atom is -0.465 e. The fourth-order valence-corrected chi connectivity index (χ4v) is 2.40. The third-order valence-electron chi connectivity index (χ3n) is 3.35. The number of carbonyl (C=O) groups is 1. The number of nitrogens with zero attached hydrogens (tertiary/aromatic N) is 1. The van der Waals surface area contributed by atoms with E-state index in [2.05, 4.69) is 57.0 Å². The van der Waals surface area contributed by atoms with Gasteiger partial charge in [-0.3, -0.25) is 4.79 Å². The Hall–Kier alpha value is -1.35. The predicted molar refractivity (Wildman–Crippen MR) is 87.0 cm³/mol. The predicted octanol–water partition coefficient (Wildman–Crippen LogP) is 3.88. The van der Waals surface area contributed by atoms with Gasteiger partial charge in [-0.2, -0.15) is 0 Å². The molecule has 0 unspecified atom stereocenters. The van der Waals surface area contributed by atoms with Crippen LogP contribution >= 0.6 is 0 Å². The smallest absolute Gasteiger partial charge is 0.305 e. The Balaban J connectivity index is 2.35. The molecule has 0 aromatic heterocycles. The van der Waals surface area contributed by atoms with Crippen LogP contribution in [0.3, 0.4) is 0 Å². The summed E-state index contributed by atoms with van der Waals surface area (Å²) >= 11 is 0. The minimum absolute atomic E-state index is 0.0363. The standard InChI is InChI=1S/C18H29NO2/c1-5-6-12-17(20)21-15-18(2,3)14-19(4)13-16-10-8-7-9-11-16/h7-11H,5-6,12-15H2,1-4H3. The molecule has 0 radical (unpaired) electrons. The van der Waals surface area contributed by atoms with Crippen LogP contribution in [0.4, 0.5) is 0 Å². The van der Waals surface area contributed by atoms with Crippen LogP contribution in [0.1, 0.15) is 45.6 Å². The number of benzene rings is 1. The van der Waals surface area contributed by atoms with E-state index in [9.17, 15) is 4.79 Å². The summed E-state index contributed by atoms with van der Waals surface area (Å²) in [7, 11) is 2.10. The van der Waals surface area contributed by atoms with Crippen LogP contribution in [0.25, 0.3) is 0 Å². The van der Waals surface area contributed by atoms with Crippen molar-refractivity contribution in [2.75, 3.05) is 20.2 Å². The fourth-order valence-electron chi connectivity index (χ4n) is 2.40. The van der Waals surface area contributed by atoms with E-state index in [4.69, 9.17) is 4.74 Å². The van der Waals surface area contributed by atoms with Gasteiger partial charge in [-0.1, -0.05) is 57.5 Å². The third-order valence-corrected chi connectivity index (χ3v) is 3.35. The van der Waals surface area contributed by atoms with Gasteiger partial charge in [-0.05, 0) is 19.0 Å². The minimum atomic E-state index is -0.0735. The quantitative estimate of drug-likeness (QED) is 0.647. The SMILES string of the molecule is CCCCC(=O)OCC(C)(C)CN(C)Cc1ccccc1. The maximum atomic E-state index is 11.6. The Labute approximate surface area is 129 Å². The second-order valence-corrected chi connectivity index (χ2v) is 6.59. The Kier molecular flexibility index (Phi) is 7.44. The molecule has 0 N–H and O–H groups in total. The molecule has 118 valence electrons. The van der Waals surface area contributed by atoms with Crippen LogP contribution in [0.15, 0.2) is 30.3 Å². The Bertz CT molecular complexity index is 414. The lowest BCUT2D eigenvalue weighted by atomic mass is 9.94. The van der Waals surface area contributed by atoms with Gasteiger partial charge in [-0.25, -0.2) is 0 Å². The van der Waals surface area contributed by atoms with E-state index in [0.29, 0.717) is 13.0 Å². The molecular formula is C18H29NO2. The lowest BCUT2D eigenvalue weighted by molar-refractivity contribution is -0.147. The fraction of sp³-hybridized carbons (Fsp3) is 0.611. The molecule has 1 rings (SSSR count). The van der Waals surface area contributed by atoms with Crippen LogP contribution in [0, 0.1) is 5.41 Å². The first-order chi connectivity index (χ1) is 9.93. The van der Waals surface area contributed by atoms with Gasteiger partial charge in [-0.15, -0.1) is 0 Å². The Morgan fingerprint density at radius 2 is 1.90 bits per heavy atom. The van der Waals surface area contributed by atoms with Crippen LogP contribution in [0.2, 0.25) is 0 Å². The molecule has 1 aromatic carbocycles. The van der Waals surface area contributed by atoms with Gasteiger partial charge in [0.25, 0.3) is 0 Å². The average molecular weight is 291 g/mol. The van der Waals surface area contributed by atoms with Crippen molar-refractivity contribution in [1.82, 2.24) is 4.90 Å². The summed E-state index contributed by atoms with van der Waals surface area (Å²) < 4.78 is 5.39. The van der Waals surface area contributed by atoms with E-state index < -0.39 is 0 Å². The summed E-state index contributed by atoms with van der Waals surface area (Å²) in [5.74, 6) is -0.0735. The van der Waals surface area contributed by atoms with Gasteiger partial charge in [0.05, 0.1) is 6.61 Å². The van der Waals surface area contributed by atoms with E-state index in [1.54, 1.807) is 0 Å². The molecule has 0 atom stereocenters. The van der Waals surface area contributed by atoms with Crippen molar-refractivity contribution >= 4 is 5.97 Å². The third kappa shape index (κ3) is 7.86. The molecule has 0 aliphatic carbocycles. The van der Waals surface area contributed by atoms with Gasteiger partial charge in [0, 0.05) is 24.9 Å². The largest absolute Gasteiger partial charge is 0.465 e. The van der Waals surface area contributed by atoms with Crippen molar-refractivity contribution < 1.29 is 9.53 Å². The van der Waals surface area contributed by atoms with Gasteiger partial charge in [0.2, 0.25) is 0 Å². The Morgan fingerprint density at radius 1 is 1.24 bits per heavy atom. The van der Waals surface area contributed by atoms with Gasteiger partial charge in [0.1, 0.15) is 0 Å². The van der Waals surface area contributed by atoms with E-state index in [1.807, 2.05) is 6.07 Å². The van der Waals surface area contributed by atoms with Crippen molar-refractivity contribution in [2.24, 2.45) is 5.41 Å². The molecule has 3 heteroatoms. The summed E-state index contributed by atoms with van der Waals surface area (Å²) in [6.07, 6.45) is 2.47. The zero-order valence-electron chi connectivity index (χ0n) is 13.9. The number of hydrogen-bond donors (Lipinski definition) is 0. The summed E-state index contributed by atoms with van der Waals surface area (Å²) in [4.78, 5) is 13.9. The van der Waals surface area contributed by atoms with E-state index >= 15 is 0 Å². The van der Waals surface area contributed by atoms with Crippen molar-refractivity contribution in [2.45, 2.75) is 46.6 Å². The molecule has 0 amide bonds. The molecule has 0 aliphatic heterocycles. The first-order valence-corrected chi connectivity index (χ1v) is 7.81. The normalized spacial score (nSPS) is 11.7. The van der Waals surface area contributed by atoms with Gasteiger partial charge in [0.15, 0.2) is 0 Å². The summed E-state index contributed by atoms with van der Waals surface area (Å²) in [5, 5.41) is 0. The maximum absolute atomic E-state index is 11.6. The summed E-state index contributed by atoms with van der Waals surface area (Å²) in [6.45, 7) is 8.64. The molecule has 0 heterocycles. The number of ether oxygens (including phenoxy) is 1. The summed E-state index contributed by atoms with van der Waals surface area (Å²) in [6, 6.07) is 10.4. The molecule has 3 nitrogen and oxygen atoms in total. The topological polar surface area (TPSA) is 29.5 Å². The van der Waals surface area contributed by atoms with Gasteiger partial charge < -0.3 is 9.64 Å². The second-order valence-electron chi connectivity index (χ2n) is 6.59. The lowest BCUT2D eigenvalue weighted by Gasteiger charge is -2.30. The second kappa shape index (κ2) is 8.83. The number of esters is 1. The molecule has 0 spiro atoms. The first kappa shape index (κ1) is 17.7. The van der Waals surface area contributed by atoms with Crippen molar-refractivity contribution in [3.63, 3.8) is 0 Å². The zero-order valence-corrected chi connectivity index (χ0v) is 13.9. The monoisotopic (exact) mass is 291 g/mol. The molecule has 0 bridgehead atoms. The maximum Gasteiger partial charge on any atom is 0.305 e. The highest BCUT2D eigenvalue weighted by molar-refractivity contribution is 5.69. The lowest BCUT2D eigenvalue weighted by Crippen LogP contribution is -2.35. The van der Waals surface area contributed by atoms with Gasteiger partial charge >= 0.3 is 5.97 Å². The zero-order chi connectivity index (χ0) is 15.7. The highest BCUT2D eigenvalue weighted by Crippen LogP contribution is 2.18. The van der Waals surface area contributed by atoms with E-state index in [1.165, 1.54) is 5.56 Å². The number of carbonyl (C=O) groups excluding carboxylic acids is 1. The molecule has 1 aromatic rings. The van der Waals surface area contributed by atoms with Crippen LogP contribution in [0.5, 0.6) is 0 Å². The van der Waals surface area contributed by atoms with Crippen LogP contribution < -0.4 is 0 Å². The first-order valence-electron chi connectivity index (χ1n) is 7.81. The van der Waals surface area contributed by atoms with Crippen LogP contribution in [-0.4, -0.2) is 31.1 Å². The van der Waals surface area contributed by atoms with Crippen LogP contribution in [-0.2, 0) is 16.1 Å². The summed E-state index contributed by atoms with van der Waals surface area (Å²) in [5.41, 5.74) is 1.27. The molecule has 21 heavy (non-hydrogen) atoms. The average Bonchev–Trinajstić information content (AvgIpc) is 2.43. The molecular weight excluding hydrogens is 262 g/mol. The van der Waals surface area contributed by atoms with Crippen molar-refractivity contribution in [3.05, 3.63) is 35.9 Å². The van der Waals surface area contributed by atoms with Crippen molar-refractivity contribution in [1.29, 1.82) is 0 Å². The van der Waals surface area contributed by atoms with E-state index in [0.717, 1.165) is 25.9 Å². The molecule has 0 fully saturated rings. The molecule has 0 saturated heterocycles. The Morgan fingerprint density at radius 3 is 2.52 bits per heavy atom. The number of unbranched alkanes of at least 4 members (excludes halogenated alkanes) is 1. The number of hydrogen-bond acceptors (Lipinski definition) is 3. The number of rotatable bonds is 9.